The van der Waals surface area contributed by atoms with Gasteiger partial charge in [-0.15, -0.1) is 0 Å². The van der Waals surface area contributed by atoms with Crippen molar-refractivity contribution >= 4 is 23.2 Å². The van der Waals surface area contributed by atoms with Gasteiger partial charge in [0.05, 0.1) is 0 Å². The number of hydrogen-bond donors (Lipinski definition) is 3. The quantitative estimate of drug-likeness (QED) is 0.732. The zero-order valence-electron chi connectivity index (χ0n) is 13.8. The lowest BCUT2D eigenvalue weighted by molar-refractivity contribution is -0.116. The van der Waals surface area contributed by atoms with Crippen LogP contribution < -0.4 is 16.4 Å². The van der Waals surface area contributed by atoms with E-state index in [2.05, 4.69) is 10.6 Å². The Balaban J connectivity index is 1.94. The zero-order chi connectivity index (χ0) is 17.4. The van der Waals surface area contributed by atoms with Gasteiger partial charge in [-0.2, -0.15) is 0 Å². The predicted molar refractivity (Wildman–Crippen MR) is 96.9 cm³/mol. The molecule has 4 N–H and O–H groups in total. The van der Waals surface area contributed by atoms with Crippen molar-refractivity contribution in [1.82, 2.24) is 0 Å². The van der Waals surface area contributed by atoms with E-state index in [1.54, 1.807) is 6.07 Å². The van der Waals surface area contributed by atoms with E-state index in [-0.39, 0.29) is 18.2 Å². The fourth-order valence-electron chi connectivity index (χ4n) is 2.30. The second kappa shape index (κ2) is 8.84. The van der Waals surface area contributed by atoms with Gasteiger partial charge in [0.2, 0.25) is 11.8 Å². The Morgan fingerprint density at radius 1 is 0.958 bits per heavy atom. The molecule has 0 atom stereocenters. The van der Waals surface area contributed by atoms with Crippen LogP contribution >= 0.6 is 0 Å². The first-order chi connectivity index (χ1) is 11.6. The molecule has 0 fully saturated rings. The number of carbonyl (C=O) groups excluding carboxylic acids is 2. The van der Waals surface area contributed by atoms with Gasteiger partial charge < -0.3 is 16.4 Å². The summed E-state index contributed by atoms with van der Waals surface area (Å²) in [5.74, 6) is -0.185. The summed E-state index contributed by atoms with van der Waals surface area (Å²) in [5.41, 5.74) is 8.80. The molecule has 0 saturated heterocycles. The maximum atomic E-state index is 12.1. The molecule has 5 heteroatoms. The monoisotopic (exact) mass is 325 g/mol. The molecule has 0 heterocycles. The fraction of sp³-hybridized carbons (Fsp3) is 0.263. The summed E-state index contributed by atoms with van der Waals surface area (Å²) in [7, 11) is 0. The Morgan fingerprint density at radius 2 is 1.67 bits per heavy atom. The second-order valence-electron chi connectivity index (χ2n) is 5.65. The number of carbonyl (C=O) groups is 2. The van der Waals surface area contributed by atoms with Crippen LogP contribution in [0.15, 0.2) is 48.5 Å². The van der Waals surface area contributed by atoms with Crippen molar-refractivity contribution in [2.75, 3.05) is 17.2 Å². The smallest absolute Gasteiger partial charge is 0.225 e. The van der Waals surface area contributed by atoms with Crippen LogP contribution in [0.5, 0.6) is 0 Å². The molecule has 0 aliphatic rings. The van der Waals surface area contributed by atoms with E-state index in [4.69, 9.17) is 5.73 Å². The highest BCUT2D eigenvalue weighted by Crippen LogP contribution is 2.20. The maximum Gasteiger partial charge on any atom is 0.225 e. The Morgan fingerprint density at radius 3 is 2.38 bits per heavy atom. The van der Waals surface area contributed by atoms with E-state index in [0.717, 1.165) is 11.1 Å². The lowest BCUT2D eigenvalue weighted by atomic mass is 10.1. The minimum atomic E-state index is -0.131. The highest BCUT2D eigenvalue weighted by molar-refractivity contribution is 5.94. The summed E-state index contributed by atoms with van der Waals surface area (Å²) < 4.78 is 0. The van der Waals surface area contributed by atoms with Gasteiger partial charge in [-0.05, 0) is 36.6 Å². The third-order valence-electron chi connectivity index (χ3n) is 3.65. The third-order valence-corrected chi connectivity index (χ3v) is 3.65. The van der Waals surface area contributed by atoms with Gasteiger partial charge in [-0.1, -0.05) is 36.4 Å². The molecular formula is C19H23N3O2. The van der Waals surface area contributed by atoms with Crippen molar-refractivity contribution in [3.63, 3.8) is 0 Å². The Labute approximate surface area is 142 Å². The van der Waals surface area contributed by atoms with Gasteiger partial charge >= 0.3 is 0 Å². The number of nitrogens with two attached hydrogens (primary N) is 1. The van der Waals surface area contributed by atoms with Crippen LogP contribution in [0.2, 0.25) is 0 Å². The summed E-state index contributed by atoms with van der Waals surface area (Å²) in [6, 6.07) is 15.3. The molecule has 0 radical (unpaired) electrons. The van der Waals surface area contributed by atoms with E-state index in [9.17, 15) is 9.59 Å². The van der Waals surface area contributed by atoms with Crippen LogP contribution in [-0.2, 0) is 16.0 Å². The minimum Gasteiger partial charge on any atom is -0.330 e. The summed E-state index contributed by atoms with van der Waals surface area (Å²) in [6.45, 7) is 2.21. The van der Waals surface area contributed by atoms with Crippen molar-refractivity contribution in [1.29, 1.82) is 0 Å². The van der Waals surface area contributed by atoms with E-state index in [1.165, 1.54) is 0 Å². The largest absolute Gasteiger partial charge is 0.330 e. The van der Waals surface area contributed by atoms with Crippen LogP contribution in [0.1, 0.15) is 24.0 Å². The predicted octanol–water partition coefficient (Wildman–Crippen LogP) is 2.85. The molecule has 2 aromatic carbocycles. The molecule has 24 heavy (non-hydrogen) atoms. The van der Waals surface area contributed by atoms with Crippen molar-refractivity contribution in [2.45, 2.75) is 26.2 Å². The number of nitrogens with one attached hydrogen (secondary N) is 2. The van der Waals surface area contributed by atoms with Gasteiger partial charge in [0, 0.05) is 30.8 Å². The molecule has 0 spiro atoms. The number of anilines is 2. The summed E-state index contributed by atoms with van der Waals surface area (Å²) in [4.78, 5) is 23.8. The standard InChI is InChI=1S/C19H23N3O2/c1-14-7-9-16(13-17(14)22-19(24)11-12-20)21-18(23)10-8-15-5-3-2-4-6-15/h2-7,9,13H,8,10-12,20H2,1H3,(H,21,23)(H,22,24). The number of amides is 2. The summed E-state index contributed by atoms with van der Waals surface area (Å²) in [6.07, 6.45) is 1.37. The SMILES string of the molecule is Cc1ccc(NC(=O)CCc2ccccc2)cc1NC(=O)CCN. The van der Waals surface area contributed by atoms with Crippen LogP contribution in [0.3, 0.4) is 0 Å². The molecule has 2 amide bonds. The molecule has 126 valence electrons. The lowest BCUT2D eigenvalue weighted by Gasteiger charge is -2.11. The second-order valence-corrected chi connectivity index (χ2v) is 5.65. The van der Waals surface area contributed by atoms with E-state index >= 15 is 0 Å². The summed E-state index contributed by atoms with van der Waals surface area (Å²) in [5, 5.41) is 5.68. The Hall–Kier alpha value is -2.66. The molecule has 0 aromatic heterocycles. The molecule has 0 unspecified atom stereocenters. The molecule has 0 aliphatic carbocycles. The number of hydrogen-bond acceptors (Lipinski definition) is 3. The highest BCUT2D eigenvalue weighted by Gasteiger charge is 2.07. The molecule has 0 bridgehead atoms. The van der Waals surface area contributed by atoms with Crippen molar-refractivity contribution in [3.8, 4) is 0 Å². The number of benzene rings is 2. The Bertz CT molecular complexity index is 699. The molecule has 2 aromatic rings. The van der Waals surface area contributed by atoms with Crippen molar-refractivity contribution in [2.24, 2.45) is 5.73 Å². The zero-order valence-corrected chi connectivity index (χ0v) is 13.8. The first-order valence-corrected chi connectivity index (χ1v) is 8.03. The Kier molecular flexibility index (Phi) is 6.51. The van der Waals surface area contributed by atoms with E-state index < -0.39 is 0 Å². The minimum absolute atomic E-state index is 0.0538. The van der Waals surface area contributed by atoms with Gasteiger partial charge in [0.25, 0.3) is 0 Å². The summed E-state index contributed by atoms with van der Waals surface area (Å²) >= 11 is 0. The van der Waals surface area contributed by atoms with Gasteiger partial charge in [-0.25, -0.2) is 0 Å². The van der Waals surface area contributed by atoms with Crippen LogP contribution in [0.4, 0.5) is 11.4 Å². The van der Waals surface area contributed by atoms with Crippen molar-refractivity contribution < 1.29 is 9.59 Å². The van der Waals surface area contributed by atoms with Crippen LogP contribution in [-0.4, -0.2) is 18.4 Å². The first kappa shape index (κ1) is 17.7. The van der Waals surface area contributed by atoms with E-state index in [1.807, 2.05) is 49.4 Å². The average Bonchev–Trinajstić information content (AvgIpc) is 2.57. The molecule has 0 saturated carbocycles. The number of aryl methyl sites for hydroxylation is 2. The molecule has 2 rings (SSSR count). The lowest BCUT2D eigenvalue weighted by Crippen LogP contribution is -2.17. The van der Waals surface area contributed by atoms with Gasteiger partial charge in [-0.3, -0.25) is 9.59 Å². The normalized spacial score (nSPS) is 10.2. The van der Waals surface area contributed by atoms with Gasteiger partial charge in [0.15, 0.2) is 0 Å². The fourth-order valence-corrected chi connectivity index (χ4v) is 2.30. The topological polar surface area (TPSA) is 84.2 Å². The number of rotatable bonds is 7. The highest BCUT2D eigenvalue weighted by atomic mass is 16.2. The van der Waals surface area contributed by atoms with Crippen molar-refractivity contribution in [3.05, 3.63) is 59.7 Å². The molecular weight excluding hydrogens is 302 g/mol. The van der Waals surface area contributed by atoms with E-state index in [0.29, 0.717) is 30.8 Å². The van der Waals surface area contributed by atoms with Crippen LogP contribution in [0.25, 0.3) is 0 Å². The molecule has 5 nitrogen and oxygen atoms in total. The third kappa shape index (κ3) is 5.52. The molecule has 0 aliphatic heterocycles. The van der Waals surface area contributed by atoms with Crippen LogP contribution in [0, 0.1) is 6.92 Å². The van der Waals surface area contributed by atoms with Gasteiger partial charge in [0.1, 0.15) is 0 Å². The maximum absolute atomic E-state index is 12.1. The first-order valence-electron chi connectivity index (χ1n) is 8.03. The average molecular weight is 325 g/mol.